The molecule has 1 unspecified atom stereocenters. The van der Waals surface area contributed by atoms with Gasteiger partial charge in [-0.1, -0.05) is 5.16 Å². The highest BCUT2D eigenvalue weighted by molar-refractivity contribution is 6.21. The second kappa shape index (κ2) is 3.83. The van der Waals surface area contributed by atoms with Gasteiger partial charge in [0.2, 0.25) is 0 Å². The average molecular weight is 249 g/mol. The van der Waals surface area contributed by atoms with E-state index in [-0.39, 0.29) is 18.0 Å². The smallest absolute Gasteiger partial charge is 0.332 e. The Morgan fingerprint density at radius 3 is 2.61 bits per heavy atom. The number of carbonyl (C=O) groups excluding carboxylic acids is 2. The number of aryl methyl sites for hydroxylation is 1. The van der Waals surface area contributed by atoms with Crippen molar-refractivity contribution in [3.8, 4) is 0 Å². The third-order valence-corrected chi connectivity index (χ3v) is 3.84. The van der Waals surface area contributed by atoms with Crippen LogP contribution >= 0.6 is 0 Å². The van der Waals surface area contributed by atoms with Gasteiger partial charge < -0.3 is 9.42 Å². The zero-order valence-electron chi connectivity index (χ0n) is 10.4. The number of hydrogen-bond acceptors (Lipinski definition) is 4. The summed E-state index contributed by atoms with van der Waals surface area (Å²) in [6, 6.07) is -0.429. The Bertz CT molecular complexity index is 506. The molecule has 3 amide bonds. The van der Waals surface area contributed by atoms with Crippen molar-refractivity contribution in [2.45, 2.75) is 45.2 Å². The van der Waals surface area contributed by atoms with Gasteiger partial charge in [-0.05, 0) is 33.1 Å². The van der Waals surface area contributed by atoms with E-state index in [1.807, 2.05) is 0 Å². The van der Waals surface area contributed by atoms with Crippen LogP contribution in [0.2, 0.25) is 0 Å². The summed E-state index contributed by atoms with van der Waals surface area (Å²) >= 11 is 0. The predicted molar refractivity (Wildman–Crippen MR) is 63.1 cm³/mol. The minimum atomic E-state index is -0.392. The van der Waals surface area contributed by atoms with E-state index in [4.69, 9.17) is 4.52 Å². The first-order valence-corrected chi connectivity index (χ1v) is 6.18. The molecule has 2 heterocycles. The molecule has 2 aliphatic rings. The molecule has 1 aromatic rings. The molecule has 96 valence electrons. The molecule has 0 bridgehead atoms. The van der Waals surface area contributed by atoms with Gasteiger partial charge >= 0.3 is 6.03 Å². The monoisotopic (exact) mass is 249 g/mol. The Kier molecular flexibility index (Phi) is 2.39. The van der Waals surface area contributed by atoms with Crippen LogP contribution in [-0.2, 0) is 4.79 Å². The molecule has 3 rings (SSSR count). The Hall–Kier alpha value is -1.85. The molecule has 1 saturated heterocycles. The van der Waals surface area contributed by atoms with Crippen molar-refractivity contribution < 1.29 is 14.1 Å². The molecule has 1 atom stereocenters. The summed E-state index contributed by atoms with van der Waals surface area (Å²) in [7, 11) is 0. The molecular weight excluding hydrogens is 234 g/mol. The number of rotatable bonds is 2. The summed E-state index contributed by atoms with van der Waals surface area (Å²) in [6.07, 6.45) is 4.45. The molecule has 0 N–H and O–H groups in total. The summed E-state index contributed by atoms with van der Waals surface area (Å²) in [4.78, 5) is 27.5. The molecule has 6 heteroatoms. The Morgan fingerprint density at radius 2 is 2.11 bits per heavy atom. The number of imide groups is 1. The van der Waals surface area contributed by atoms with Gasteiger partial charge in [0.05, 0.1) is 0 Å². The summed E-state index contributed by atoms with van der Waals surface area (Å²) in [6.45, 7) is 3.50. The van der Waals surface area contributed by atoms with Crippen LogP contribution in [0.1, 0.15) is 31.9 Å². The van der Waals surface area contributed by atoms with Crippen LogP contribution in [0.4, 0.5) is 10.5 Å². The second-order valence-corrected chi connectivity index (χ2v) is 4.91. The molecule has 1 aliphatic carbocycles. The van der Waals surface area contributed by atoms with Crippen LogP contribution in [0, 0.1) is 6.92 Å². The van der Waals surface area contributed by atoms with E-state index in [0.717, 1.165) is 19.3 Å². The van der Waals surface area contributed by atoms with E-state index in [9.17, 15) is 9.59 Å². The minimum Gasteiger partial charge on any atom is -0.362 e. The van der Waals surface area contributed by atoms with Gasteiger partial charge in [0.1, 0.15) is 23.7 Å². The van der Waals surface area contributed by atoms with E-state index in [2.05, 4.69) is 5.16 Å². The van der Waals surface area contributed by atoms with Gasteiger partial charge in [0.25, 0.3) is 5.91 Å². The topological polar surface area (TPSA) is 66.7 Å². The number of amides is 3. The van der Waals surface area contributed by atoms with Crippen LogP contribution in [0.15, 0.2) is 10.8 Å². The molecule has 0 spiro atoms. The Morgan fingerprint density at radius 1 is 1.39 bits per heavy atom. The van der Waals surface area contributed by atoms with Crippen molar-refractivity contribution in [1.82, 2.24) is 10.1 Å². The standard InChI is InChI=1S/C12H15N3O3/c1-7-10(6-18-13-7)15-11(16)8(2)14(12(15)17)9-4-3-5-9/h6,8-9H,3-5H2,1-2H3. The van der Waals surface area contributed by atoms with Crippen molar-refractivity contribution in [3.63, 3.8) is 0 Å². The van der Waals surface area contributed by atoms with E-state index >= 15 is 0 Å². The van der Waals surface area contributed by atoms with Crippen LogP contribution < -0.4 is 4.90 Å². The maximum absolute atomic E-state index is 12.4. The lowest BCUT2D eigenvalue weighted by Gasteiger charge is -2.35. The third-order valence-electron chi connectivity index (χ3n) is 3.84. The van der Waals surface area contributed by atoms with E-state index in [1.165, 1.54) is 11.2 Å². The number of anilines is 1. The van der Waals surface area contributed by atoms with E-state index in [1.54, 1.807) is 18.7 Å². The molecule has 1 aromatic heterocycles. The molecule has 1 saturated carbocycles. The van der Waals surface area contributed by atoms with Crippen molar-refractivity contribution >= 4 is 17.6 Å². The first-order valence-electron chi connectivity index (χ1n) is 6.18. The highest BCUT2D eigenvalue weighted by atomic mass is 16.5. The van der Waals surface area contributed by atoms with Gasteiger partial charge in [-0.15, -0.1) is 0 Å². The number of carbonyl (C=O) groups is 2. The number of nitrogens with zero attached hydrogens (tertiary/aromatic N) is 3. The normalized spacial score (nSPS) is 24.9. The Balaban J connectivity index is 1.94. The molecule has 18 heavy (non-hydrogen) atoms. The highest BCUT2D eigenvalue weighted by Gasteiger charge is 2.48. The summed E-state index contributed by atoms with van der Waals surface area (Å²) < 4.78 is 4.81. The fourth-order valence-electron chi connectivity index (χ4n) is 2.54. The van der Waals surface area contributed by atoms with Crippen LogP contribution in [0.3, 0.4) is 0 Å². The van der Waals surface area contributed by atoms with Gasteiger partial charge in [-0.2, -0.15) is 0 Å². The number of aromatic nitrogens is 1. The molecule has 6 nitrogen and oxygen atoms in total. The van der Waals surface area contributed by atoms with Crippen LogP contribution in [0.5, 0.6) is 0 Å². The fourth-order valence-corrected chi connectivity index (χ4v) is 2.54. The lowest BCUT2D eigenvalue weighted by molar-refractivity contribution is -0.119. The second-order valence-electron chi connectivity index (χ2n) is 4.91. The zero-order valence-corrected chi connectivity index (χ0v) is 10.4. The van der Waals surface area contributed by atoms with Crippen LogP contribution in [0.25, 0.3) is 0 Å². The maximum Gasteiger partial charge on any atom is 0.332 e. The molecule has 0 aromatic carbocycles. The first-order chi connectivity index (χ1) is 8.61. The predicted octanol–water partition coefficient (Wildman–Crippen LogP) is 1.69. The van der Waals surface area contributed by atoms with Crippen molar-refractivity contribution in [3.05, 3.63) is 12.0 Å². The summed E-state index contributed by atoms with van der Waals surface area (Å²) in [5, 5.41) is 3.72. The molecule has 1 aliphatic heterocycles. The third kappa shape index (κ3) is 1.38. The van der Waals surface area contributed by atoms with Gasteiger partial charge in [0, 0.05) is 6.04 Å². The fraction of sp³-hybridized carbons (Fsp3) is 0.583. The number of hydrogen-bond donors (Lipinski definition) is 0. The lowest BCUT2D eigenvalue weighted by atomic mass is 9.91. The number of urea groups is 1. The largest absolute Gasteiger partial charge is 0.362 e. The SMILES string of the molecule is Cc1nocc1N1C(=O)C(C)N(C2CCC2)C1=O. The van der Waals surface area contributed by atoms with Crippen molar-refractivity contribution in [1.29, 1.82) is 0 Å². The highest BCUT2D eigenvalue weighted by Crippen LogP contribution is 2.34. The summed E-state index contributed by atoms with van der Waals surface area (Å²) in [5.74, 6) is -0.196. The van der Waals surface area contributed by atoms with E-state index in [0.29, 0.717) is 11.4 Å². The molecular formula is C12H15N3O3. The quantitative estimate of drug-likeness (QED) is 0.748. The van der Waals surface area contributed by atoms with Gasteiger partial charge in [-0.3, -0.25) is 4.79 Å². The zero-order chi connectivity index (χ0) is 12.9. The minimum absolute atomic E-state index is 0.196. The van der Waals surface area contributed by atoms with Crippen molar-refractivity contribution in [2.24, 2.45) is 0 Å². The average Bonchev–Trinajstić information content (AvgIpc) is 2.76. The van der Waals surface area contributed by atoms with Gasteiger partial charge in [0.15, 0.2) is 0 Å². The first kappa shape index (κ1) is 11.3. The van der Waals surface area contributed by atoms with Crippen molar-refractivity contribution in [2.75, 3.05) is 4.90 Å². The van der Waals surface area contributed by atoms with Crippen LogP contribution in [-0.4, -0.2) is 34.1 Å². The lowest BCUT2D eigenvalue weighted by Crippen LogP contribution is -2.45. The van der Waals surface area contributed by atoms with Gasteiger partial charge in [-0.25, -0.2) is 9.69 Å². The molecule has 2 fully saturated rings. The van der Waals surface area contributed by atoms with E-state index < -0.39 is 6.04 Å². The molecule has 0 radical (unpaired) electrons. The summed E-state index contributed by atoms with van der Waals surface area (Å²) in [5.41, 5.74) is 1.01. The Labute approximate surface area is 105 Å². The maximum atomic E-state index is 12.4.